The lowest BCUT2D eigenvalue weighted by Crippen LogP contribution is -2.61. The molecule has 1 heterocycles. The molecule has 6 atom stereocenters. The molecular formula is C67H110O12. The first-order valence-electron chi connectivity index (χ1n) is 31.2. The van der Waals surface area contributed by atoms with Crippen LogP contribution in [-0.4, -0.2) is 89.2 Å². The molecule has 0 spiro atoms. The van der Waals surface area contributed by atoms with E-state index < -0.39 is 67.3 Å². The van der Waals surface area contributed by atoms with E-state index in [1.165, 1.54) is 77.0 Å². The number of aliphatic hydroxyl groups is 2. The van der Waals surface area contributed by atoms with Crippen LogP contribution in [-0.2, 0) is 42.9 Å². The first-order chi connectivity index (χ1) is 38.6. The highest BCUT2D eigenvalue weighted by Gasteiger charge is 2.50. The summed E-state index contributed by atoms with van der Waals surface area (Å²) in [7, 11) is 0. The molecule has 0 radical (unpaired) electrons. The average Bonchev–Trinajstić information content (AvgIpc) is 3.44. The summed E-state index contributed by atoms with van der Waals surface area (Å²) in [4.78, 5) is 51.2. The number of carboxylic acids is 1. The summed E-state index contributed by atoms with van der Waals surface area (Å²) >= 11 is 0. The molecule has 12 nitrogen and oxygen atoms in total. The van der Waals surface area contributed by atoms with Crippen LogP contribution < -0.4 is 0 Å². The highest BCUT2D eigenvalue weighted by molar-refractivity contribution is 5.74. The number of hydrogen-bond acceptors (Lipinski definition) is 11. The van der Waals surface area contributed by atoms with Gasteiger partial charge in [-0.25, -0.2) is 4.79 Å². The Morgan fingerprint density at radius 3 is 1.24 bits per heavy atom. The minimum Gasteiger partial charge on any atom is -0.479 e. The number of rotatable bonds is 52. The lowest BCUT2D eigenvalue weighted by Gasteiger charge is -2.40. The molecule has 0 aromatic carbocycles. The van der Waals surface area contributed by atoms with Crippen molar-refractivity contribution in [2.24, 2.45) is 0 Å². The van der Waals surface area contributed by atoms with E-state index >= 15 is 0 Å². The quantitative estimate of drug-likeness (QED) is 0.0228. The van der Waals surface area contributed by atoms with Gasteiger partial charge in [0.1, 0.15) is 18.8 Å². The van der Waals surface area contributed by atoms with E-state index in [1.807, 2.05) is 0 Å². The second kappa shape index (κ2) is 54.2. The molecular weight excluding hydrogens is 997 g/mol. The molecule has 450 valence electrons. The zero-order valence-electron chi connectivity index (χ0n) is 49.6. The van der Waals surface area contributed by atoms with Crippen molar-refractivity contribution < 1.29 is 58.2 Å². The number of unbranched alkanes of at least 4 members (excludes halogenated alkanes) is 22. The summed E-state index contributed by atoms with van der Waals surface area (Å²) in [6, 6.07) is 0. The van der Waals surface area contributed by atoms with E-state index in [9.17, 15) is 34.5 Å². The van der Waals surface area contributed by atoms with Crippen LogP contribution in [0, 0.1) is 0 Å². The fraction of sp³-hybridized carbons (Fsp3) is 0.701. The van der Waals surface area contributed by atoms with Gasteiger partial charge in [-0.1, -0.05) is 208 Å². The second-order valence-electron chi connectivity index (χ2n) is 20.9. The van der Waals surface area contributed by atoms with E-state index in [0.29, 0.717) is 25.7 Å². The molecule has 1 aliphatic rings. The second-order valence-corrected chi connectivity index (χ2v) is 20.9. The van der Waals surface area contributed by atoms with Crippen molar-refractivity contribution in [3.8, 4) is 0 Å². The fourth-order valence-electron chi connectivity index (χ4n) is 8.83. The predicted molar refractivity (Wildman–Crippen MR) is 321 cm³/mol. The van der Waals surface area contributed by atoms with Crippen molar-refractivity contribution in [3.63, 3.8) is 0 Å². The van der Waals surface area contributed by atoms with Crippen LogP contribution in [0.5, 0.6) is 0 Å². The van der Waals surface area contributed by atoms with Gasteiger partial charge in [0, 0.05) is 19.3 Å². The molecule has 1 fully saturated rings. The zero-order chi connectivity index (χ0) is 57.5. The van der Waals surface area contributed by atoms with Crippen molar-refractivity contribution in [1.29, 1.82) is 0 Å². The van der Waals surface area contributed by atoms with E-state index in [4.69, 9.17) is 23.7 Å². The van der Waals surface area contributed by atoms with Crippen molar-refractivity contribution in [2.45, 2.75) is 289 Å². The SMILES string of the molecule is CC/C=C\C/C=C\C/C=C\C/C=C\CCCCC(=O)OC1C(OCC(COC(=O)CCCCCCCCCCC/C=C\C/C=C\CCCCC)OC(=O)CCCCCCC/C=C\C/C=C\CCCCC)OC(C(=O)O)C(O)C1O. The van der Waals surface area contributed by atoms with Crippen molar-refractivity contribution >= 4 is 23.9 Å². The van der Waals surface area contributed by atoms with E-state index in [1.54, 1.807) is 0 Å². The summed E-state index contributed by atoms with van der Waals surface area (Å²) in [6.07, 6.45) is 59.4. The van der Waals surface area contributed by atoms with Gasteiger partial charge in [-0.05, 0) is 122 Å². The maximum Gasteiger partial charge on any atom is 0.335 e. The number of carboxylic acid groups (broad SMARTS) is 1. The van der Waals surface area contributed by atoms with E-state index in [-0.39, 0.29) is 25.9 Å². The molecule has 3 N–H and O–H groups in total. The van der Waals surface area contributed by atoms with Crippen LogP contribution in [0.25, 0.3) is 0 Å². The largest absolute Gasteiger partial charge is 0.479 e. The van der Waals surface area contributed by atoms with Gasteiger partial charge >= 0.3 is 23.9 Å². The summed E-state index contributed by atoms with van der Waals surface area (Å²) in [5.74, 6) is -3.20. The third-order valence-corrected chi connectivity index (χ3v) is 13.6. The monoisotopic (exact) mass is 1110 g/mol. The van der Waals surface area contributed by atoms with Gasteiger partial charge in [0.05, 0.1) is 6.61 Å². The number of esters is 3. The van der Waals surface area contributed by atoms with Gasteiger partial charge in [0.25, 0.3) is 0 Å². The van der Waals surface area contributed by atoms with Gasteiger partial charge in [0.2, 0.25) is 0 Å². The van der Waals surface area contributed by atoms with Gasteiger partial charge in [-0.2, -0.15) is 0 Å². The van der Waals surface area contributed by atoms with Crippen LogP contribution in [0.15, 0.2) is 97.2 Å². The smallest absolute Gasteiger partial charge is 0.335 e. The van der Waals surface area contributed by atoms with Crippen LogP contribution in [0.3, 0.4) is 0 Å². The molecule has 0 bridgehead atoms. The Morgan fingerprint density at radius 2 is 0.797 bits per heavy atom. The summed E-state index contributed by atoms with van der Waals surface area (Å²) < 4.78 is 28.4. The topological polar surface area (TPSA) is 175 Å². The minimum absolute atomic E-state index is 0.00250. The number of carbonyl (C=O) groups is 4. The molecule has 1 aliphatic heterocycles. The molecule has 0 amide bonds. The summed E-state index contributed by atoms with van der Waals surface area (Å²) in [5.41, 5.74) is 0. The predicted octanol–water partition coefficient (Wildman–Crippen LogP) is 16.5. The molecule has 1 saturated heterocycles. The van der Waals surface area contributed by atoms with Gasteiger partial charge in [-0.15, -0.1) is 0 Å². The van der Waals surface area contributed by atoms with E-state index in [0.717, 1.165) is 109 Å². The van der Waals surface area contributed by atoms with Gasteiger partial charge in [0.15, 0.2) is 24.6 Å². The zero-order valence-corrected chi connectivity index (χ0v) is 49.6. The highest BCUT2D eigenvalue weighted by Crippen LogP contribution is 2.26. The van der Waals surface area contributed by atoms with Crippen molar-refractivity contribution in [1.82, 2.24) is 0 Å². The van der Waals surface area contributed by atoms with Gasteiger partial charge < -0.3 is 39.0 Å². The third-order valence-electron chi connectivity index (χ3n) is 13.6. The van der Waals surface area contributed by atoms with Crippen molar-refractivity contribution in [3.05, 3.63) is 97.2 Å². The molecule has 6 unspecified atom stereocenters. The first kappa shape index (κ1) is 72.7. The lowest BCUT2D eigenvalue weighted by molar-refractivity contribution is -0.301. The third kappa shape index (κ3) is 44.0. The molecule has 79 heavy (non-hydrogen) atoms. The number of aliphatic carboxylic acids is 1. The molecule has 0 saturated carbocycles. The highest BCUT2D eigenvalue weighted by atomic mass is 16.7. The number of ether oxygens (including phenoxy) is 5. The lowest BCUT2D eigenvalue weighted by atomic mass is 9.98. The Labute approximate surface area is 479 Å². The van der Waals surface area contributed by atoms with Crippen LogP contribution in [0.4, 0.5) is 0 Å². The Kier molecular flexibility index (Phi) is 49.9. The Morgan fingerprint density at radius 1 is 0.430 bits per heavy atom. The van der Waals surface area contributed by atoms with Gasteiger partial charge in [-0.3, -0.25) is 14.4 Å². The molecule has 1 rings (SSSR count). The number of allylic oxidation sites excluding steroid dienone is 16. The fourth-order valence-corrected chi connectivity index (χ4v) is 8.83. The maximum absolute atomic E-state index is 13.2. The summed E-state index contributed by atoms with van der Waals surface area (Å²) in [5, 5.41) is 31.5. The molecule has 0 aromatic heterocycles. The number of hydrogen-bond donors (Lipinski definition) is 3. The standard InChI is InChI=1S/C67H110O12/c1-4-7-10-13-16-19-22-25-28-29-30-31-34-35-38-41-44-47-50-53-59(68)75-56-58(77-60(69)54-51-48-45-42-39-36-32-26-23-20-17-14-11-8-5-2)57-76-67-65(63(72)62(71)64(79-67)66(73)74)78-61(70)55-52-49-46-43-40-37-33-27-24-21-18-15-12-9-6-3/h9,12,16-21,25-28,32-33,40,43,58,62-65,67,71-72H,4-8,10-11,13-15,22-24,29-31,34-39,41-42,44-57H2,1-3H3,(H,73,74)/b12-9-,19-16-,20-17-,21-18-,28-25-,32-26-,33-27-,43-40-. The van der Waals surface area contributed by atoms with Crippen LogP contribution >= 0.6 is 0 Å². The normalized spacial score (nSPS) is 18.5. The first-order valence-corrected chi connectivity index (χ1v) is 31.2. The van der Waals surface area contributed by atoms with Crippen LogP contribution in [0.1, 0.15) is 252 Å². The molecule has 12 heteroatoms. The van der Waals surface area contributed by atoms with Crippen LogP contribution in [0.2, 0.25) is 0 Å². The Hall–Kier alpha value is -4.36. The number of carbonyl (C=O) groups excluding carboxylic acids is 3. The molecule has 0 aliphatic carbocycles. The Balaban J connectivity index is 2.70. The van der Waals surface area contributed by atoms with Crippen molar-refractivity contribution in [2.75, 3.05) is 13.2 Å². The van der Waals surface area contributed by atoms with E-state index in [2.05, 4.69) is 118 Å². The number of aliphatic hydroxyl groups excluding tert-OH is 2. The Bertz CT molecular complexity index is 1740. The summed E-state index contributed by atoms with van der Waals surface area (Å²) in [6.45, 7) is 5.80. The average molecular weight is 1110 g/mol. The molecule has 0 aromatic rings. The maximum atomic E-state index is 13.2. The minimum atomic E-state index is -1.92.